The summed E-state index contributed by atoms with van der Waals surface area (Å²) in [6.07, 6.45) is 0.441. The number of carbonyl (C=O) groups is 2. The van der Waals surface area contributed by atoms with E-state index in [9.17, 15) is 14.7 Å². The molecule has 0 heterocycles. The van der Waals surface area contributed by atoms with Crippen molar-refractivity contribution in [3.05, 3.63) is 59.7 Å². The maximum Gasteiger partial charge on any atom is 0.308 e. The van der Waals surface area contributed by atoms with Gasteiger partial charge >= 0.3 is 5.97 Å². The number of aliphatic carboxylic acids is 1. The summed E-state index contributed by atoms with van der Waals surface area (Å²) in [5, 5.41) is 12.1. The molecule has 0 saturated carbocycles. The first kappa shape index (κ1) is 19.3. The Morgan fingerprint density at radius 1 is 1.08 bits per heavy atom. The predicted octanol–water partition coefficient (Wildman–Crippen LogP) is 2.31. The number of amides is 1. The Morgan fingerprint density at radius 2 is 1.81 bits per heavy atom. The van der Waals surface area contributed by atoms with Gasteiger partial charge in [0.1, 0.15) is 11.5 Å². The van der Waals surface area contributed by atoms with E-state index >= 15 is 0 Å². The third-order valence-corrected chi connectivity index (χ3v) is 4.06. The average molecular weight is 357 g/mol. The zero-order chi connectivity index (χ0) is 18.9. The highest BCUT2D eigenvalue weighted by Gasteiger charge is 2.19. The lowest BCUT2D eigenvalue weighted by Gasteiger charge is -2.14. The molecule has 138 valence electrons. The smallest absolute Gasteiger partial charge is 0.308 e. The van der Waals surface area contributed by atoms with Crippen molar-refractivity contribution < 1.29 is 24.2 Å². The Labute approximate surface area is 152 Å². The molecule has 1 atom stereocenters. The van der Waals surface area contributed by atoms with Crippen LogP contribution in [0.3, 0.4) is 0 Å². The zero-order valence-electron chi connectivity index (χ0n) is 14.9. The SMILES string of the molecule is COc1ccc(OC)c(CC(=O)NCC(Cc2ccccc2)C(=O)O)c1. The molecule has 0 aliphatic carbocycles. The van der Waals surface area contributed by atoms with E-state index in [-0.39, 0.29) is 18.9 Å². The van der Waals surface area contributed by atoms with Crippen molar-refractivity contribution in [3.63, 3.8) is 0 Å². The van der Waals surface area contributed by atoms with Crippen LogP contribution in [0.1, 0.15) is 11.1 Å². The highest BCUT2D eigenvalue weighted by atomic mass is 16.5. The number of nitrogens with one attached hydrogen (secondary N) is 1. The first-order valence-corrected chi connectivity index (χ1v) is 8.27. The summed E-state index contributed by atoms with van der Waals surface area (Å²) in [6, 6.07) is 14.6. The standard InChI is InChI=1S/C20H23NO5/c1-25-17-8-9-18(26-2)15(11-17)12-19(22)21-13-16(20(23)24)10-14-6-4-3-5-7-14/h3-9,11,16H,10,12-13H2,1-2H3,(H,21,22)(H,23,24). The zero-order valence-corrected chi connectivity index (χ0v) is 14.9. The summed E-state index contributed by atoms with van der Waals surface area (Å²) in [7, 11) is 3.08. The van der Waals surface area contributed by atoms with Gasteiger partial charge in [0.15, 0.2) is 0 Å². The molecule has 0 fully saturated rings. The monoisotopic (exact) mass is 357 g/mol. The van der Waals surface area contributed by atoms with Gasteiger partial charge in [0.2, 0.25) is 5.91 Å². The van der Waals surface area contributed by atoms with Gasteiger partial charge in [0, 0.05) is 12.1 Å². The number of ether oxygens (including phenoxy) is 2. The number of benzene rings is 2. The molecule has 1 unspecified atom stereocenters. The molecule has 2 rings (SSSR count). The maximum absolute atomic E-state index is 12.3. The number of carbonyl (C=O) groups excluding carboxylic acids is 1. The predicted molar refractivity (Wildman–Crippen MR) is 97.5 cm³/mol. The van der Waals surface area contributed by atoms with Crippen LogP contribution >= 0.6 is 0 Å². The van der Waals surface area contributed by atoms with Crippen LogP contribution in [-0.4, -0.2) is 37.7 Å². The molecule has 6 nitrogen and oxygen atoms in total. The lowest BCUT2D eigenvalue weighted by molar-refractivity contribution is -0.141. The van der Waals surface area contributed by atoms with Gasteiger partial charge in [-0.25, -0.2) is 0 Å². The van der Waals surface area contributed by atoms with Gasteiger partial charge in [-0.15, -0.1) is 0 Å². The van der Waals surface area contributed by atoms with Crippen LogP contribution in [0.25, 0.3) is 0 Å². The molecule has 0 spiro atoms. The molecule has 26 heavy (non-hydrogen) atoms. The minimum absolute atomic E-state index is 0.0648. The van der Waals surface area contributed by atoms with Crippen molar-refractivity contribution in [2.45, 2.75) is 12.8 Å². The molecule has 2 aromatic rings. The summed E-state index contributed by atoms with van der Waals surface area (Å²) in [5.74, 6) is -0.682. The quantitative estimate of drug-likeness (QED) is 0.719. The minimum Gasteiger partial charge on any atom is -0.497 e. The second kappa shape index (κ2) is 9.46. The van der Waals surface area contributed by atoms with Gasteiger partial charge in [-0.05, 0) is 30.2 Å². The van der Waals surface area contributed by atoms with Crippen LogP contribution in [0.4, 0.5) is 0 Å². The molecule has 0 saturated heterocycles. The topological polar surface area (TPSA) is 84.9 Å². The lowest BCUT2D eigenvalue weighted by Crippen LogP contribution is -2.35. The fourth-order valence-corrected chi connectivity index (χ4v) is 2.64. The summed E-state index contributed by atoms with van der Waals surface area (Å²) >= 11 is 0. The van der Waals surface area contributed by atoms with E-state index in [2.05, 4.69) is 5.32 Å². The van der Waals surface area contributed by atoms with E-state index in [1.807, 2.05) is 30.3 Å². The van der Waals surface area contributed by atoms with E-state index in [0.717, 1.165) is 5.56 Å². The van der Waals surface area contributed by atoms with Crippen LogP contribution in [0, 0.1) is 5.92 Å². The second-order valence-corrected chi connectivity index (χ2v) is 5.88. The summed E-state index contributed by atoms with van der Waals surface area (Å²) in [5.41, 5.74) is 1.60. The van der Waals surface area contributed by atoms with Gasteiger partial charge in [-0.2, -0.15) is 0 Å². The number of carboxylic acid groups (broad SMARTS) is 1. The number of hydrogen-bond donors (Lipinski definition) is 2. The molecule has 0 aliphatic rings. The van der Waals surface area contributed by atoms with Crippen LogP contribution in [0.15, 0.2) is 48.5 Å². The Balaban J connectivity index is 1.97. The van der Waals surface area contributed by atoms with Crippen molar-refractivity contribution in [2.24, 2.45) is 5.92 Å². The lowest BCUT2D eigenvalue weighted by atomic mass is 9.99. The number of carboxylic acids is 1. The first-order valence-electron chi connectivity index (χ1n) is 8.27. The first-order chi connectivity index (χ1) is 12.5. The summed E-state index contributed by atoms with van der Waals surface area (Å²) < 4.78 is 10.4. The summed E-state index contributed by atoms with van der Waals surface area (Å²) in [6.45, 7) is 0.0648. The molecule has 6 heteroatoms. The molecule has 2 N–H and O–H groups in total. The van der Waals surface area contributed by atoms with Crippen molar-refractivity contribution >= 4 is 11.9 Å². The second-order valence-electron chi connectivity index (χ2n) is 5.88. The Morgan fingerprint density at radius 3 is 2.42 bits per heavy atom. The third kappa shape index (κ3) is 5.51. The molecule has 1 amide bonds. The molecular formula is C20H23NO5. The molecule has 0 bridgehead atoms. The van der Waals surface area contributed by atoms with Gasteiger partial charge < -0.3 is 19.9 Å². The fraction of sp³-hybridized carbons (Fsp3) is 0.300. The van der Waals surface area contributed by atoms with Gasteiger partial charge in [0.05, 0.1) is 26.6 Å². The fourth-order valence-electron chi connectivity index (χ4n) is 2.64. The van der Waals surface area contributed by atoms with E-state index in [1.54, 1.807) is 25.3 Å². The van der Waals surface area contributed by atoms with Gasteiger partial charge in [-0.3, -0.25) is 9.59 Å². The third-order valence-electron chi connectivity index (χ3n) is 4.06. The Kier molecular flexibility index (Phi) is 7.02. The van der Waals surface area contributed by atoms with Crippen LogP contribution < -0.4 is 14.8 Å². The Hall–Kier alpha value is -3.02. The minimum atomic E-state index is -0.937. The molecular weight excluding hydrogens is 334 g/mol. The largest absolute Gasteiger partial charge is 0.497 e. The normalized spacial score (nSPS) is 11.5. The van der Waals surface area contributed by atoms with Crippen LogP contribution in [-0.2, 0) is 22.4 Å². The van der Waals surface area contributed by atoms with Crippen molar-refractivity contribution in [1.82, 2.24) is 5.32 Å². The van der Waals surface area contributed by atoms with E-state index in [0.29, 0.717) is 23.5 Å². The van der Waals surface area contributed by atoms with Gasteiger partial charge in [-0.1, -0.05) is 30.3 Å². The summed E-state index contributed by atoms with van der Waals surface area (Å²) in [4.78, 5) is 23.7. The van der Waals surface area contributed by atoms with Crippen LogP contribution in [0.2, 0.25) is 0 Å². The highest BCUT2D eigenvalue weighted by Crippen LogP contribution is 2.24. The Bertz CT molecular complexity index is 745. The van der Waals surface area contributed by atoms with E-state index in [1.165, 1.54) is 7.11 Å². The van der Waals surface area contributed by atoms with Gasteiger partial charge in [0.25, 0.3) is 0 Å². The van der Waals surface area contributed by atoms with E-state index < -0.39 is 11.9 Å². The average Bonchev–Trinajstić information content (AvgIpc) is 2.65. The molecule has 0 aliphatic heterocycles. The molecule has 0 radical (unpaired) electrons. The number of hydrogen-bond acceptors (Lipinski definition) is 4. The highest BCUT2D eigenvalue weighted by molar-refractivity contribution is 5.80. The van der Waals surface area contributed by atoms with E-state index in [4.69, 9.17) is 9.47 Å². The van der Waals surface area contributed by atoms with Crippen molar-refractivity contribution in [3.8, 4) is 11.5 Å². The van der Waals surface area contributed by atoms with Crippen molar-refractivity contribution in [1.29, 1.82) is 0 Å². The number of rotatable bonds is 9. The maximum atomic E-state index is 12.3. The number of methoxy groups -OCH3 is 2. The molecule has 0 aromatic heterocycles. The van der Waals surface area contributed by atoms with Crippen LogP contribution in [0.5, 0.6) is 11.5 Å². The molecule has 2 aromatic carbocycles. The van der Waals surface area contributed by atoms with Crippen molar-refractivity contribution in [2.75, 3.05) is 20.8 Å².